The Bertz CT molecular complexity index is 262. The van der Waals surface area contributed by atoms with Gasteiger partial charge in [-0.15, -0.1) is 0 Å². The highest BCUT2D eigenvalue weighted by atomic mass is 16.5. The van der Waals surface area contributed by atoms with Gasteiger partial charge in [-0.2, -0.15) is 0 Å². The van der Waals surface area contributed by atoms with Gasteiger partial charge in [0, 0.05) is 12.6 Å². The quantitative estimate of drug-likeness (QED) is 0.760. The van der Waals surface area contributed by atoms with E-state index in [1.54, 1.807) is 0 Å². The molecule has 1 aliphatic carbocycles. The smallest absolute Gasteiger partial charge is 0.325 e. The molecule has 1 saturated carbocycles. The van der Waals surface area contributed by atoms with Crippen molar-refractivity contribution in [3.63, 3.8) is 0 Å². The van der Waals surface area contributed by atoms with Gasteiger partial charge in [0.2, 0.25) is 0 Å². The minimum atomic E-state index is -0.384. The fraction of sp³-hybridized carbons (Fsp3) is 0.833. The molecule has 0 bridgehead atoms. The van der Waals surface area contributed by atoms with Crippen LogP contribution in [-0.2, 0) is 9.53 Å². The van der Waals surface area contributed by atoms with E-state index in [0.717, 1.165) is 12.8 Å². The largest absolute Gasteiger partial charge is 0.468 e. The molecule has 0 radical (unpaired) electrons. The Hall–Kier alpha value is -1.26. The zero-order valence-electron chi connectivity index (χ0n) is 10.7. The number of nitrogens with zero attached hydrogens (tertiary/aromatic N) is 1. The summed E-state index contributed by atoms with van der Waals surface area (Å²) in [5, 5.41) is 2.98. The van der Waals surface area contributed by atoms with Crippen LogP contribution < -0.4 is 5.32 Å². The Morgan fingerprint density at radius 1 is 1.29 bits per heavy atom. The summed E-state index contributed by atoms with van der Waals surface area (Å²) < 4.78 is 4.56. The van der Waals surface area contributed by atoms with Crippen LogP contribution >= 0.6 is 0 Å². The van der Waals surface area contributed by atoms with Crippen molar-refractivity contribution < 1.29 is 14.3 Å². The molecule has 0 aliphatic heterocycles. The first kappa shape index (κ1) is 13.8. The summed E-state index contributed by atoms with van der Waals surface area (Å²) >= 11 is 0. The number of hydrogen-bond acceptors (Lipinski definition) is 3. The normalized spacial score (nSPS) is 16.4. The first-order chi connectivity index (χ1) is 8.17. The first-order valence-electron chi connectivity index (χ1n) is 6.29. The minimum absolute atomic E-state index is 0.0194. The SMILES string of the molecule is CCN(CC(=O)OC)C(=O)NC1CCCCC1. The number of likely N-dealkylation sites (N-methyl/N-ethyl adjacent to an activating group) is 1. The highest BCUT2D eigenvalue weighted by molar-refractivity contribution is 5.81. The average Bonchev–Trinajstić information content (AvgIpc) is 2.36. The predicted molar refractivity (Wildman–Crippen MR) is 64.7 cm³/mol. The van der Waals surface area contributed by atoms with Crippen LogP contribution in [0.1, 0.15) is 39.0 Å². The van der Waals surface area contributed by atoms with E-state index in [1.807, 2.05) is 6.92 Å². The lowest BCUT2D eigenvalue weighted by atomic mass is 9.96. The number of methoxy groups -OCH3 is 1. The number of nitrogens with one attached hydrogen (secondary N) is 1. The van der Waals surface area contributed by atoms with Crippen LogP contribution in [-0.4, -0.2) is 43.1 Å². The van der Waals surface area contributed by atoms with Crippen molar-refractivity contribution in [3.05, 3.63) is 0 Å². The molecule has 0 aromatic rings. The minimum Gasteiger partial charge on any atom is -0.468 e. The molecule has 17 heavy (non-hydrogen) atoms. The van der Waals surface area contributed by atoms with E-state index in [-0.39, 0.29) is 24.6 Å². The van der Waals surface area contributed by atoms with Crippen LogP contribution in [0.4, 0.5) is 4.79 Å². The predicted octanol–water partition coefficient (Wildman–Crippen LogP) is 1.52. The van der Waals surface area contributed by atoms with E-state index in [0.29, 0.717) is 6.54 Å². The van der Waals surface area contributed by atoms with Gasteiger partial charge in [-0.1, -0.05) is 19.3 Å². The molecule has 0 heterocycles. The van der Waals surface area contributed by atoms with Crippen molar-refractivity contribution >= 4 is 12.0 Å². The molecule has 1 N–H and O–H groups in total. The van der Waals surface area contributed by atoms with Gasteiger partial charge < -0.3 is 15.0 Å². The van der Waals surface area contributed by atoms with Gasteiger partial charge in [-0.05, 0) is 19.8 Å². The third-order valence-electron chi connectivity index (χ3n) is 3.15. The topological polar surface area (TPSA) is 58.6 Å². The molecule has 2 amide bonds. The number of urea groups is 1. The zero-order valence-corrected chi connectivity index (χ0v) is 10.7. The van der Waals surface area contributed by atoms with E-state index >= 15 is 0 Å². The first-order valence-corrected chi connectivity index (χ1v) is 6.29. The average molecular weight is 242 g/mol. The molecule has 0 aromatic carbocycles. The summed E-state index contributed by atoms with van der Waals surface area (Å²) in [7, 11) is 1.33. The molecule has 1 aliphatic rings. The third-order valence-corrected chi connectivity index (χ3v) is 3.15. The summed E-state index contributed by atoms with van der Waals surface area (Å²) in [5.74, 6) is -0.384. The number of carbonyl (C=O) groups is 2. The molecule has 0 spiro atoms. The van der Waals surface area contributed by atoms with Crippen molar-refractivity contribution in [1.29, 1.82) is 0 Å². The van der Waals surface area contributed by atoms with Gasteiger partial charge in [-0.3, -0.25) is 4.79 Å². The molecule has 98 valence electrons. The summed E-state index contributed by atoms with van der Waals surface area (Å²) in [6, 6.07) is 0.104. The molecule has 0 aromatic heterocycles. The van der Waals surface area contributed by atoms with E-state index in [2.05, 4.69) is 10.1 Å². The van der Waals surface area contributed by atoms with Gasteiger partial charge >= 0.3 is 12.0 Å². The van der Waals surface area contributed by atoms with Crippen molar-refractivity contribution in [2.75, 3.05) is 20.2 Å². The van der Waals surface area contributed by atoms with Gasteiger partial charge in [-0.25, -0.2) is 4.79 Å². The highest BCUT2D eigenvalue weighted by Crippen LogP contribution is 2.17. The Balaban J connectivity index is 2.39. The molecule has 0 unspecified atom stereocenters. The summed E-state index contributed by atoms with van der Waals surface area (Å²) in [5.41, 5.74) is 0. The molecule has 5 nitrogen and oxygen atoms in total. The molecular weight excluding hydrogens is 220 g/mol. The second kappa shape index (κ2) is 7.14. The van der Waals surface area contributed by atoms with Gasteiger partial charge in [0.25, 0.3) is 0 Å². The molecular formula is C12H22N2O3. The molecule has 5 heteroatoms. The second-order valence-corrected chi connectivity index (χ2v) is 4.37. The second-order valence-electron chi connectivity index (χ2n) is 4.37. The van der Waals surface area contributed by atoms with Gasteiger partial charge in [0.05, 0.1) is 7.11 Å². The van der Waals surface area contributed by atoms with Crippen molar-refractivity contribution in [2.24, 2.45) is 0 Å². The number of hydrogen-bond donors (Lipinski definition) is 1. The third kappa shape index (κ3) is 4.63. The number of ether oxygens (including phenoxy) is 1. The summed E-state index contributed by atoms with van der Waals surface area (Å²) in [6.07, 6.45) is 5.69. The van der Waals surface area contributed by atoms with E-state index in [9.17, 15) is 9.59 Å². The molecule has 0 atom stereocenters. The van der Waals surface area contributed by atoms with Crippen LogP contribution in [0.2, 0.25) is 0 Å². The van der Waals surface area contributed by atoms with Crippen LogP contribution in [0, 0.1) is 0 Å². The van der Waals surface area contributed by atoms with Crippen molar-refractivity contribution in [1.82, 2.24) is 10.2 Å². The van der Waals surface area contributed by atoms with Crippen LogP contribution in [0.25, 0.3) is 0 Å². The van der Waals surface area contributed by atoms with Gasteiger partial charge in [0.15, 0.2) is 0 Å². The maximum atomic E-state index is 11.9. The lowest BCUT2D eigenvalue weighted by molar-refractivity contribution is -0.141. The van der Waals surface area contributed by atoms with Crippen LogP contribution in [0.5, 0.6) is 0 Å². The summed E-state index contributed by atoms with van der Waals surface area (Å²) in [6.45, 7) is 2.38. The molecule has 1 rings (SSSR count). The molecule has 1 fully saturated rings. The Morgan fingerprint density at radius 3 is 2.47 bits per heavy atom. The standard InChI is InChI=1S/C12H22N2O3/c1-3-14(9-11(15)17-2)12(16)13-10-7-5-4-6-8-10/h10H,3-9H2,1-2H3,(H,13,16). The van der Waals surface area contributed by atoms with Crippen LogP contribution in [0.15, 0.2) is 0 Å². The van der Waals surface area contributed by atoms with Crippen LogP contribution in [0.3, 0.4) is 0 Å². The maximum Gasteiger partial charge on any atom is 0.325 e. The lowest BCUT2D eigenvalue weighted by Gasteiger charge is -2.27. The van der Waals surface area contributed by atoms with Gasteiger partial charge in [0.1, 0.15) is 6.54 Å². The van der Waals surface area contributed by atoms with E-state index in [4.69, 9.17) is 0 Å². The monoisotopic (exact) mass is 242 g/mol. The fourth-order valence-electron chi connectivity index (χ4n) is 2.06. The Labute approximate surface area is 102 Å². The fourth-order valence-corrected chi connectivity index (χ4v) is 2.06. The van der Waals surface area contributed by atoms with Crippen molar-refractivity contribution in [2.45, 2.75) is 45.1 Å². The summed E-state index contributed by atoms with van der Waals surface area (Å²) in [4.78, 5) is 24.5. The molecule has 0 saturated heterocycles. The number of carbonyl (C=O) groups excluding carboxylic acids is 2. The van der Waals surface area contributed by atoms with E-state index in [1.165, 1.54) is 31.3 Å². The Kier molecular flexibility index (Phi) is 5.80. The Morgan fingerprint density at radius 2 is 1.94 bits per heavy atom. The lowest BCUT2D eigenvalue weighted by Crippen LogP contribution is -2.47. The highest BCUT2D eigenvalue weighted by Gasteiger charge is 2.20. The number of esters is 1. The van der Waals surface area contributed by atoms with E-state index < -0.39 is 0 Å². The number of amides is 2. The zero-order chi connectivity index (χ0) is 12.7. The number of rotatable bonds is 4. The maximum absolute atomic E-state index is 11.9. The van der Waals surface area contributed by atoms with Crippen molar-refractivity contribution in [3.8, 4) is 0 Å².